The largest absolute Gasteiger partial charge is 0.335 e. The van der Waals surface area contributed by atoms with Crippen LogP contribution in [-0.4, -0.2) is 54.7 Å². The fraction of sp³-hybridized carbons (Fsp3) is 0.333. The van der Waals surface area contributed by atoms with Crippen molar-refractivity contribution in [3.8, 4) is 0 Å². The zero-order valence-corrected chi connectivity index (χ0v) is 15.4. The summed E-state index contributed by atoms with van der Waals surface area (Å²) in [4.78, 5) is 18.8. The predicted molar refractivity (Wildman–Crippen MR) is 93.0 cm³/mol. The molecule has 1 fully saturated rings. The molecule has 24 heavy (non-hydrogen) atoms. The molecule has 0 bridgehead atoms. The molecule has 1 aliphatic rings. The highest BCUT2D eigenvalue weighted by Gasteiger charge is 2.32. The van der Waals surface area contributed by atoms with Crippen LogP contribution in [-0.2, 0) is 10.0 Å². The molecule has 1 amide bonds. The van der Waals surface area contributed by atoms with Gasteiger partial charge in [-0.2, -0.15) is 4.31 Å². The molecule has 128 valence electrons. The summed E-state index contributed by atoms with van der Waals surface area (Å²) in [5.41, 5.74) is 0.413. The topological polar surface area (TPSA) is 70.6 Å². The number of carbonyl (C=O) groups is 1. The number of thiophene rings is 1. The Balaban J connectivity index is 1.74. The first-order valence-corrected chi connectivity index (χ1v) is 10.0. The van der Waals surface area contributed by atoms with E-state index in [0.29, 0.717) is 23.7 Å². The molecule has 2 aromatic heterocycles. The van der Waals surface area contributed by atoms with Gasteiger partial charge in [0.1, 0.15) is 4.90 Å². The molecular weight excluding hydrogens is 370 g/mol. The van der Waals surface area contributed by atoms with Crippen LogP contribution in [0, 0.1) is 6.92 Å². The number of rotatable bonds is 3. The Morgan fingerprint density at radius 3 is 2.62 bits per heavy atom. The molecule has 0 unspecified atom stereocenters. The maximum Gasteiger partial charge on any atom is 0.264 e. The lowest BCUT2D eigenvalue weighted by Gasteiger charge is -2.34. The van der Waals surface area contributed by atoms with Gasteiger partial charge in [-0.05, 0) is 24.4 Å². The van der Waals surface area contributed by atoms with E-state index in [2.05, 4.69) is 4.98 Å². The van der Waals surface area contributed by atoms with Crippen molar-refractivity contribution in [3.63, 3.8) is 0 Å². The number of pyridine rings is 1. The number of hydrogen-bond donors (Lipinski definition) is 0. The van der Waals surface area contributed by atoms with E-state index in [4.69, 9.17) is 11.6 Å². The van der Waals surface area contributed by atoms with E-state index in [1.54, 1.807) is 17.9 Å². The minimum absolute atomic E-state index is 0.0531. The summed E-state index contributed by atoms with van der Waals surface area (Å²) in [5, 5.41) is 2.13. The molecule has 0 radical (unpaired) electrons. The van der Waals surface area contributed by atoms with Crippen molar-refractivity contribution >= 4 is 38.9 Å². The van der Waals surface area contributed by atoms with E-state index in [1.165, 1.54) is 27.9 Å². The van der Waals surface area contributed by atoms with Crippen molar-refractivity contribution < 1.29 is 13.2 Å². The molecule has 3 heterocycles. The summed E-state index contributed by atoms with van der Waals surface area (Å²) in [5.74, 6) is -0.0531. The summed E-state index contributed by atoms with van der Waals surface area (Å²) in [6, 6.07) is 5.02. The van der Waals surface area contributed by atoms with Crippen molar-refractivity contribution in [2.75, 3.05) is 26.2 Å². The van der Waals surface area contributed by atoms with Crippen LogP contribution in [0.3, 0.4) is 0 Å². The highest BCUT2D eigenvalue weighted by molar-refractivity contribution is 7.89. The smallest absolute Gasteiger partial charge is 0.264 e. The first-order chi connectivity index (χ1) is 11.4. The van der Waals surface area contributed by atoms with Crippen LogP contribution in [0.2, 0.25) is 5.02 Å². The molecule has 9 heteroatoms. The molecule has 1 saturated heterocycles. The number of carbonyl (C=O) groups excluding carboxylic acids is 1. The number of aryl methyl sites for hydroxylation is 1. The minimum atomic E-state index is -3.67. The van der Waals surface area contributed by atoms with Crippen LogP contribution in [0.1, 0.15) is 15.4 Å². The molecule has 0 spiro atoms. The highest BCUT2D eigenvalue weighted by atomic mass is 35.5. The van der Waals surface area contributed by atoms with Crippen LogP contribution in [0.25, 0.3) is 0 Å². The van der Waals surface area contributed by atoms with Gasteiger partial charge >= 0.3 is 0 Å². The fourth-order valence-corrected chi connectivity index (χ4v) is 5.11. The van der Waals surface area contributed by atoms with Gasteiger partial charge in [-0.25, -0.2) is 8.42 Å². The highest BCUT2D eigenvalue weighted by Crippen LogP contribution is 2.23. The number of aromatic nitrogens is 1. The summed E-state index contributed by atoms with van der Waals surface area (Å²) in [7, 11) is -3.67. The number of sulfonamides is 1. The molecule has 0 N–H and O–H groups in total. The Hall–Kier alpha value is -1.48. The normalized spacial score (nSPS) is 16.3. The van der Waals surface area contributed by atoms with Gasteiger partial charge in [0.05, 0.1) is 15.6 Å². The van der Waals surface area contributed by atoms with Crippen LogP contribution in [0.15, 0.2) is 34.7 Å². The molecule has 6 nitrogen and oxygen atoms in total. The lowest BCUT2D eigenvalue weighted by atomic mass is 10.3. The van der Waals surface area contributed by atoms with Gasteiger partial charge in [-0.3, -0.25) is 9.78 Å². The van der Waals surface area contributed by atoms with Crippen molar-refractivity contribution in [3.05, 3.63) is 45.4 Å². The molecule has 0 saturated carbocycles. The first-order valence-electron chi connectivity index (χ1n) is 7.34. The SMILES string of the molecule is Cc1ncc(Cl)cc1S(=O)(=O)N1CCN(C(=O)c2cccs2)CC1. The lowest BCUT2D eigenvalue weighted by molar-refractivity contribution is 0.0703. The average molecular weight is 386 g/mol. The second kappa shape index (κ2) is 6.79. The van der Waals surface area contributed by atoms with Crippen LogP contribution >= 0.6 is 22.9 Å². The van der Waals surface area contributed by atoms with Gasteiger partial charge in [0.15, 0.2) is 0 Å². The number of amides is 1. The monoisotopic (exact) mass is 385 g/mol. The average Bonchev–Trinajstić information content (AvgIpc) is 3.11. The van der Waals surface area contributed by atoms with Gasteiger partial charge in [0.25, 0.3) is 5.91 Å². The predicted octanol–water partition coefficient (Wildman–Crippen LogP) is 2.25. The Morgan fingerprint density at radius 1 is 1.29 bits per heavy atom. The quantitative estimate of drug-likeness (QED) is 0.812. The van der Waals surface area contributed by atoms with E-state index in [-0.39, 0.29) is 28.9 Å². The molecule has 0 atom stereocenters. The third kappa shape index (κ3) is 3.32. The van der Waals surface area contributed by atoms with Gasteiger partial charge in [-0.15, -0.1) is 11.3 Å². The number of nitrogens with zero attached hydrogens (tertiary/aromatic N) is 3. The Bertz CT molecular complexity index is 845. The van der Waals surface area contributed by atoms with Gasteiger partial charge < -0.3 is 4.90 Å². The standard InChI is InChI=1S/C15H16ClN3O3S2/c1-11-14(9-12(16)10-17-11)24(21,22)19-6-4-18(5-7-19)15(20)13-3-2-8-23-13/h2-3,8-10H,4-7H2,1H3. The van der Waals surface area contributed by atoms with Crippen molar-refractivity contribution in [1.29, 1.82) is 0 Å². The Morgan fingerprint density at radius 2 is 2.00 bits per heavy atom. The van der Waals surface area contributed by atoms with Crippen LogP contribution in [0.4, 0.5) is 0 Å². The van der Waals surface area contributed by atoms with Gasteiger partial charge in [0, 0.05) is 32.4 Å². The maximum absolute atomic E-state index is 12.8. The van der Waals surface area contributed by atoms with E-state index in [0.717, 1.165) is 0 Å². The number of halogens is 1. The van der Waals surface area contributed by atoms with E-state index in [1.807, 2.05) is 11.4 Å². The van der Waals surface area contributed by atoms with Crippen LogP contribution < -0.4 is 0 Å². The molecule has 3 rings (SSSR count). The molecule has 1 aliphatic heterocycles. The molecular formula is C15H16ClN3O3S2. The first kappa shape index (κ1) is 17.3. The summed E-state index contributed by atoms with van der Waals surface area (Å²) >= 11 is 7.27. The molecule has 0 aromatic carbocycles. The van der Waals surface area contributed by atoms with Crippen LogP contribution in [0.5, 0.6) is 0 Å². The Labute approximate surface area is 149 Å². The van der Waals surface area contributed by atoms with Gasteiger partial charge in [0.2, 0.25) is 10.0 Å². The number of hydrogen-bond acceptors (Lipinski definition) is 5. The second-order valence-electron chi connectivity index (χ2n) is 5.41. The molecule has 2 aromatic rings. The third-order valence-corrected chi connectivity index (χ3v) is 6.96. The summed E-state index contributed by atoms with van der Waals surface area (Å²) in [6.45, 7) is 2.88. The molecule has 0 aliphatic carbocycles. The zero-order chi connectivity index (χ0) is 17.3. The van der Waals surface area contributed by atoms with Crippen molar-refractivity contribution in [2.45, 2.75) is 11.8 Å². The Kier molecular flexibility index (Phi) is 4.91. The third-order valence-electron chi connectivity index (χ3n) is 3.88. The number of piperazine rings is 1. The maximum atomic E-state index is 12.8. The van der Waals surface area contributed by atoms with Crippen molar-refractivity contribution in [2.24, 2.45) is 0 Å². The van der Waals surface area contributed by atoms with E-state index < -0.39 is 10.0 Å². The van der Waals surface area contributed by atoms with Gasteiger partial charge in [-0.1, -0.05) is 17.7 Å². The minimum Gasteiger partial charge on any atom is -0.335 e. The lowest BCUT2D eigenvalue weighted by Crippen LogP contribution is -2.50. The fourth-order valence-electron chi connectivity index (χ4n) is 2.58. The summed E-state index contributed by atoms with van der Waals surface area (Å²) in [6.07, 6.45) is 1.42. The van der Waals surface area contributed by atoms with E-state index >= 15 is 0 Å². The zero-order valence-electron chi connectivity index (χ0n) is 13.0. The van der Waals surface area contributed by atoms with E-state index in [9.17, 15) is 13.2 Å². The summed E-state index contributed by atoms with van der Waals surface area (Å²) < 4.78 is 27.0. The second-order valence-corrected chi connectivity index (χ2v) is 8.70. The van der Waals surface area contributed by atoms with Crippen molar-refractivity contribution in [1.82, 2.24) is 14.2 Å².